The fourth-order valence-corrected chi connectivity index (χ4v) is 1.97. The van der Waals surface area contributed by atoms with Gasteiger partial charge in [-0.2, -0.15) is 0 Å². The molecule has 1 fully saturated rings. The van der Waals surface area contributed by atoms with Crippen LogP contribution in [0.25, 0.3) is 0 Å². The fourth-order valence-electron chi connectivity index (χ4n) is 1.83. The predicted molar refractivity (Wildman–Crippen MR) is 58.0 cm³/mol. The number of hydrogen-bond acceptors (Lipinski definition) is 2. The highest BCUT2D eigenvalue weighted by Crippen LogP contribution is 2.34. The number of carbonyl (C=O) groups is 1. The van der Waals surface area contributed by atoms with Crippen LogP contribution in [0.5, 0.6) is 0 Å². The number of likely N-dealkylation sites (tertiary alicyclic amines) is 1. The first-order valence-electron chi connectivity index (χ1n) is 5.09. The Morgan fingerprint density at radius 1 is 1.60 bits per heavy atom. The molecule has 1 aliphatic rings. The SMILES string of the molecule is CCC1(C)CN(C(=O)c2ccc(Cl)o2)C1. The van der Waals surface area contributed by atoms with E-state index < -0.39 is 0 Å². The van der Waals surface area contributed by atoms with Gasteiger partial charge in [0.15, 0.2) is 11.0 Å². The van der Waals surface area contributed by atoms with Crippen molar-refractivity contribution in [3.05, 3.63) is 23.1 Å². The van der Waals surface area contributed by atoms with Crippen LogP contribution in [-0.4, -0.2) is 23.9 Å². The molecule has 0 N–H and O–H groups in total. The zero-order valence-corrected chi connectivity index (χ0v) is 9.67. The lowest BCUT2D eigenvalue weighted by atomic mass is 9.79. The normalized spacial score (nSPS) is 18.7. The molecule has 15 heavy (non-hydrogen) atoms. The molecule has 1 aromatic rings. The van der Waals surface area contributed by atoms with Crippen LogP contribution >= 0.6 is 11.6 Å². The van der Waals surface area contributed by atoms with Gasteiger partial charge in [0.05, 0.1) is 0 Å². The Bertz CT molecular complexity index is 380. The van der Waals surface area contributed by atoms with E-state index in [2.05, 4.69) is 13.8 Å². The van der Waals surface area contributed by atoms with E-state index >= 15 is 0 Å². The first kappa shape index (κ1) is 10.6. The van der Waals surface area contributed by atoms with Crippen molar-refractivity contribution in [1.82, 2.24) is 4.90 Å². The minimum Gasteiger partial charge on any atom is -0.440 e. The molecule has 0 aliphatic carbocycles. The van der Waals surface area contributed by atoms with E-state index in [1.54, 1.807) is 17.0 Å². The van der Waals surface area contributed by atoms with Gasteiger partial charge in [0.2, 0.25) is 0 Å². The summed E-state index contributed by atoms with van der Waals surface area (Å²) >= 11 is 5.62. The van der Waals surface area contributed by atoms with E-state index in [0.717, 1.165) is 19.5 Å². The van der Waals surface area contributed by atoms with Crippen LogP contribution in [-0.2, 0) is 0 Å². The van der Waals surface area contributed by atoms with Crippen LogP contribution in [0.2, 0.25) is 5.22 Å². The van der Waals surface area contributed by atoms with Crippen molar-refractivity contribution < 1.29 is 9.21 Å². The number of furan rings is 1. The second-order valence-corrected chi connectivity index (χ2v) is 4.80. The highest BCUT2D eigenvalue weighted by molar-refractivity contribution is 6.29. The third-order valence-electron chi connectivity index (χ3n) is 3.07. The van der Waals surface area contributed by atoms with Gasteiger partial charge < -0.3 is 9.32 Å². The highest BCUT2D eigenvalue weighted by Gasteiger charge is 2.40. The summed E-state index contributed by atoms with van der Waals surface area (Å²) < 4.78 is 5.08. The molecule has 0 radical (unpaired) electrons. The van der Waals surface area contributed by atoms with E-state index in [9.17, 15) is 4.79 Å². The molecule has 0 atom stereocenters. The molecule has 3 nitrogen and oxygen atoms in total. The van der Waals surface area contributed by atoms with E-state index in [-0.39, 0.29) is 16.5 Å². The monoisotopic (exact) mass is 227 g/mol. The summed E-state index contributed by atoms with van der Waals surface area (Å²) in [6, 6.07) is 3.21. The van der Waals surface area contributed by atoms with Gasteiger partial charge in [-0.1, -0.05) is 13.8 Å². The summed E-state index contributed by atoms with van der Waals surface area (Å²) in [7, 11) is 0. The number of hydrogen-bond donors (Lipinski definition) is 0. The largest absolute Gasteiger partial charge is 0.440 e. The van der Waals surface area contributed by atoms with E-state index in [1.807, 2.05) is 0 Å². The number of nitrogens with zero attached hydrogens (tertiary/aromatic N) is 1. The van der Waals surface area contributed by atoms with Gasteiger partial charge in [-0.25, -0.2) is 0 Å². The maximum atomic E-state index is 11.8. The minimum absolute atomic E-state index is 0.0622. The Labute approximate surface area is 94.0 Å². The van der Waals surface area contributed by atoms with Crippen LogP contribution in [0.4, 0.5) is 0 Å². The van der Waals surface area contributed by atoms with Crippen molar-refractivity contribution in [3.8, 4) is 0 Å². The molecule has 0 spiro atoms. The molecule has 1 saturated heterocycles. The Balaban J connectivity index is 2.00. The van der Waals surface area contributed by atoms with Crippen molar-refractivity contribution in [2.75, 3.05) is 13.1 Å². The van der Waals surface area contributed by atoms with Crippen molar-refractivity contribution in [2.24, 2.45) is 5.41 Å². The van der Waals surface area contributed by atoms with Crippen LogP contribution in [0, 0.1) is 5.41 Å². The third kappa shape index (κ3) is 1.88. The van der Waals surface area contributed by atoms with Gasteiger partial charge in [0, 0.05) is 18.5 Å². The highest BCUT2D eigenvalue weighted by atomic mass is 35.5. The van der Waals surface area contributed by atoms with E-state index in [4.69, 9.17) is 16.0 Å². The van der Waals surface area contributed by atoms with Crippen LogP contribution in [0.1, 0.15) is 30.8 Å². The smallest absolute Gasteiger partial charge is 0.289 e. The predicted octanol–water partition coefficient (Wildman–Crippen LogP) is 2.81. The van der Waals surface area contributed by atoms with Crippen molar-refractivity contribution in [2.45, 2.75) is 20.3 Å². The third-order valence-corrected chi connectivity index (χ3v) is 3.27. The van der Waals surface area contributed by atoms with Gasteiger partial charge >= 0.3 is 0 Å². The summed E-state index contributed by atoms with van der Waals surface area (Å²) in [5.74, 6) is 0.269. The Kier molecular flexibility index (Phi) is 2.51. The zero-order chi connectivity index (χ0) is 11.1. The second kappa shape index (κ2) is 3.56. The average Bonchev–Trinajstić information content (AvgIpc) is 2.59. The standard InChI is InChI=1S/C11H14ClNO2/c1-3-11(2)6-13(7-11)10(14)8-4-5-9(12)15-8/h4-5H,3,6-7H2,1-2H3. The molecule has 2 heterocycles. The summed E-state index contributed by atoms with van der Waals surface area (Å²) in [6.07, 6.45) is 1.09. The van der Waals surface area contributed by atoms with Gasteiger partial charge in [0.25, 0.3) is 5.91 Å². The van der Waals surface area contributed by atoms with Crippen molar-refractivity contribution in [1.29, 1.82) is 0 Å². The first-order valence-corrected chi connectivity index (χ1v) is 5.46. The summed E-state index contributed by atoms with van der Waals surface area (Å²) in [5, 5.41) is 0.261. The number of amides is 1. The fraction of sp³-hybridized carbons (Fsp3) is 0.545. The molecule has 1 aromatic heterocycles. The van der Waals surface area contributed by atoms with E-state index in [1.165, 1.54) is 0 Å². The maximum Gasteiger partial charge on any atom is 0.289 e. The zero-order valence-electron chi connectivity index (χ0n) is 8.92. The topological polar surface area (TPSA) is 33.5 Å². The van der Waals surface area contributed by atoms with Crippen LogP contribution in [0.15, 0.2) is 16.5 Å². The van der Waals surface area contributed by atoms with Crippen LogP contribution < -0.4 is 0 Å². The molecular formula is C11H14ClNO2. The molecule has 0 saturated carbocycles. The molecule has 4 heteroatoms. The quantitative estimate of drug-likeness (QED) is 0.779. The lowest BCUT2D eigenvalue weighted by Gasteiger charge is -2.47. The Hall–Kier alpha value is -0.960. The maximum absolute atomic E-state index is 11.8. The lowest BCUT2D eigenvalue weighted by molar-refractivity contribution is 0.0109. The van der Waals surface area contributed by atoms with Gasteiger partial charge in [0.1, 0.15) is 0 Å². The molecule has 1 amide bonds. The molecule has 82 valence electrons. The number of rotatable bonds is 2. The first-order chi connectivity index (χ1) is 7.04. The van der Waals surface area contributed by atoms with Crippen molar-refractivity contribution in [3.63, 3.8) is 0 Å². The lowest BCUT2D eigenvalue weighted by Crippen LogP contribution is -2.56. The van der Waals surface area contributed by atoms with Gasteiger partial charge in [-0.05, 0) is 30.2 Å². The number of halogens is 1. The van der Waals surface area contributed by atoms with Gasteiger partial charge in [-0.15, -0.1) is 0 Å². The average molecular weight is 228 g/mol. The minimum atomic E-state index is -0.0622. The summed E-state index contributed by atoms with van der Waals surface area (Å²) in [5.41, 5.74) is 0.284. The molecule has 2 rings (SSSR count). The Morgan fingerprint density at radius 3 is 2.73 bits per heavy atom. The second-order valence-electron chi connectivity index (χ2n) is 4.43. The Morgan fingerprint density at radius 2 is 2.27 bits per heavy atom. The number of carbonyl (C=O) groups excluding carboxylic acids is 1. The summed E-state index contributed by atoms with van der Waals surface area (Å²) in [4.78, 5) is 13.6. The summed E-state index contributed by atoms with van der Waals surface area (Å²) in [6.45, 7) is 5.94. The molecule has 0 unspecified atom stereocenters. The van der Waals surface area contributed by atoms with E-state index in [0.29, 0.717) is 5.76 Å². The van der Waals surface area contributed by atoms with Crippen molar-refractivity contribution >= 4 is 17.5 Å². The van der Waals surface area contributed by atoms with Crippen LogP contribution in [0.3, 0.4) is 0 Å². The molecule has 1 aliphatic heterocycles. The molecular weight excluding hydrogens is 214 g/mol. The molecule has 0 aromatic carbocycles. The molecule has 0 bridgehead atoms. The van der Waals surface area contributed by atoms with Gasteiger partial charge in [-0.3, -0.25) is 4.79 Å².